The van der Waals surface area contributed by atoms with E-state index in [1.807, 2.05) is 18.3 Å². The highest BCUT2D eigenvalue weighted by atomic mass is 32.2. The zero-order chi connectivity index (χ0) is 17.1. The molecule has 1 aromatic carbocycles. The third-order valence-electron chi connectivity index (χ3n) is 4.46. The lowest BCUT2D eigenvalue weighted by molar-refractivity contribution is 0.548. The van der Waals surface area contributed by atoms with Crippen LogP contribution in [0.2, 0.25) is 0 Å². The lowest BCUT2D eigenvalue weighted by Gasteiger charge is -2.36. The number of aryl methyl sites for hydroxylation is 1. The third-order valence-corrected chi connectivity index (χ3v) is 4.85. The van der Waals surface area contributed by atoms with Crippen LogP contribution < -0.4 is 14.5 Å². The maximum absolute atomic E-state index is 10.6. The molecule has 1 fully saturated rings. The molecule has 1 aliphatic rings. The summed E-state index contributed by atoms with van der Waals surface area (Å²) in [6, 6.07) is 8.11. The number of imidazole rings is 1. The van der Waals surface area contributed by atoms with Crippen molar-refractivity contribution in [2.45, 2.75) is 13.5 Å². The van der Waals surface area contributed by atoms with Crippen LogP contribution in [0.3, 0.4) is 0 Å². The number of nitrogens with one attached hydrogen (secondary N) is 1. The van der Waals surface area contributed by atoms with Gasteiger partial charge in [0.25, 0.3) is 0 Å². The molecule has 7 nitrogen and oxygen atoms in total. The average Bonchev–Trinajstić information content (AvgIpc) is 2.93. The molecule has 0 saturated carbocycles. The number of rotatable bonds is 5. The molecule has 2 N–H and O–H groups in total. The highest BCUT2D eigenvalue weighted by Gasteiger charge is 2.20. The Labute approximate surface area is 144 Å². The maximum atomic E-state index is 10.6. The number of piperazine rings is 1. The van der Waals surface area contributed by atoms with Crippen LogP contribution in [0.15, 0.2) is 30.5 Å². The van der Waals surface area contributed by atoms with Crippen LogP contribution in [0, 0.1) is 6.92 Å². The maximum Gasteiger partial charge on any atom is 0.232 e. The smallest absolute Gasteiger partial charge is 0.232 e. The van der Waals surface area contributed by atoms with Crippen molar-refractivity contribution < 1.29 is 8.76 Å². The van der Waals surface area contributed by atoms with E-state index >= 15 is 0 Å². The lowest BCUT2D eigenvalue weighted by Crippen LogP contribution is -2.47. The monoisotopic (exact) mass is 349 g/mol. The second-order valence-electron chi connectivity index (χ2n) is 5.97. The SMILES string of the molecule is Cc1cnc(N2CCN(c3ccc(CNS(=O)O)cc3)CC2)n1C. The summed E-state index contributed by atoms with van der Waals surface area (Å²) >= 11 is -1.97. The fraction of sp³-hybridized carbons (Fsp3) is 0.438. The number of benzene rings is 1. The molecule has 1 atom stereocenters. The molecular weight excluding hydrogens is 326 g/mol. The number of aromatic nitrogens is 2. The van der Waals surface area contributed by atoms with Crippen LogP contribution >= 0.6 is 0 Å². The Morgan fingerprint density at radius 3 is 2.33 bits per heavy atom. The first-order valence-corrected chi connectivity index (χ1v) is 9.07. The summed E-state index contributed by atoms with van der Waals surface area (Å²) < 4.78 is 24.0. The summed E-state index contributed by atoms with van der Waals surface area (Å²) in [5, 5.41) is 0. The van der Waals surface area contributed by atoms with Gasteiger partial charge < -0.3 is 14.4 Å². The molecule has 1 aromatic heterocycles. The Balaban J connectivity index is 1.58. The van der Waals surface area contributed by atoms with Crippen molar-refractivity contribution in [3.63, 3.8) is 0 Å². The Bertz CT molecular complexity index is 708. The predicted molar refractivity (Wildman–Crippen MR) is 96.4 cm³/mol. The van der Waals surface area contributed by atoms with Gasteiger partial charge in [-0.3, -0.25) is 4.55 Å². The van der Waals surface area contributed by atoms with Crippen molar-refractivity contribution in [2.24, 2.45) is 7.05 Å². The molecule has 1 unspecified atom stereocenters. The van der Waals surface area contributed by atoms with Gasteiger partial charge in [0.15, 0.2) is 0 Å². The zero-order valence-electron chi connectivity index (χ0n) is 14.0. The van der Waals surface area contributed by atoms with E-state index in [2.05, 4.69) is 50.2 Å². The Morgan fingerprint density at radius 1 is 1.17 bits per heavy atom. The summed E-state index contributed by atoms with van der Waals surface area (Å²) in [6.45, 7) is 6.23. The molecule has 2 heterocycles. The van der Waals surface area contributed by atoms with Gasteiger partial charge in [-0.2, -0.15) is 0 Å². The van der Waals surface area contributed by atoms with E-state index in [0.717, 1.165) is 37.7 Å². The number of nitrogens with zero attached hydrogens (tertiary/aromatic N) is 4. The molecule has 3 rings (SSSR count). The lowest BCUT2D eigenvalue weighted by atomic mass is 10.2. The number of hydrogen-bond acceptors (Lipinski definition) is 4. The Hall–Kier alpha value is -1.90. The predicted octanol–water partition coefficient (Wildman–Crippen LogP) is 1.28. The molecule has 0 amide bonds. The Morgan fingerprint density at radius 2 is 1.79 bits per heavy atom. The number of hydrogen-bond donors (Lipinski definition) is 2. The largest absolute Gasteiger partial charge is 0.368 e. The fourth-order valence-electron chi connectivity index (χ4n) is 2.91. The third kappa shape index (κ3) is 3.77. The molecule has 0 bridgehead atoms. The van der Waals surface area contributed by atoms with Gasteiger partial charge in [0, 0.05) is 51.2 Å². The van der Waals surface area contributed by atoms with E-state index in [1.54, 1.807) is 0 Å². The Kier molecular flexibility index (Phi) is 5.17. The molecule has 1 aliphatic heterocycles. The quantitative estimate of drug-likeness (QED) is 0.796. The minimum atomic E-state index is -1.97. The second-order valence-corrected chi connectivity index (χ2v) is 6.76. The van der Waals surface area contributed by atoms with Gasteiger partial charge in [-0.25, -0.2) is 13.9 Å². The highest BCUT2D eigenvalue weighted by Crippen LogP contribution is 2.20. The van der Waals surface area contributed by atoms with Gasteiger partial charge in [-0.1, -0.05) is 12.1 Å². The summed E-state index contributed by atoms with van der Waals surface area (Å²) in [6.07, 6.45) is 1.91. The van der Waals surface area contributed by atoms with Crippen molar-refractivity contribution >= 4 is 22.9 Å². The van der Waals surface area contributed by atoms with Crippen LogP contribution in [0.25, 0.3) is 0 Å². The van der Waals surface area contributed by atoms with E-state index in [4.69, 9.17) is 4.55 Å². The van der Waals surface area contributed by atoms with E-state index in [0.29, 0.717) is 6.54 Å². The van der Waals surface area contributed by atoms with Crippen LogP contribution in [0.4, 0.5) is 11.6 Å². The van der Waals surface area contributed by atoms with E-state index in [9.17, 15) is 4.21 Å². The molecule has 0 spiro atoms. The highest BCUT2D eigenvalue weighted by molar-refractivity contribution is 7.77. The van der Waals surface area contributed by atoms with E-state index in [1.165, 1.54) is 11.4 Å². The fourth-order valence-corrected chi connectivity index (χ4v) is 3.20. The summed E-state index contributed by atoms with van der Waals surface area (Å²) in [5.41, 5.74) is 3.34. The average molecular weight is 349 g/mol. The molecule has 24 heavy (non-hydrogen) atoms. The first-order valence-electron chi connectivity index (χ1n) is 7.96. The second kappa shape index (κ2) is 7.33. The molecular formula is C16H23N5O2S. The minimum Gasteiger partial charge on any atom is -0.368 e. The first kappa shape index (κ1) is 16.9. The van der Waals surface area contributed by atoms with Crippen molar-refractivity contribution in [3.05, 3.63) is 41.7 Å². The van der Waals surface area contributed by atoms with Gasteiger partial charge in [-0.05, 0) is 24.6 Å². The van der Waals surface area contributed by atoms with Crippen molar-refractivity contribution in [2.75, 3.05) is 36.0 Å². The van der Waals surface area contributed by atoms with Crippen molar-refractivity contribution in [1.29, 1.82) is 0 Å². The molecule has 130 valence electrons. The van der Waals surface area contributed by atoms with Gasteiger partial charge in [0.05, 0.1) is 6.20 Å². The van der Waals surface area contributed by atoms with Gasteiger partial charge in [0.2, 0.25) is 17.2 Å². The summed E-state index contributed by atoms with van der Waals surface area (Å²) in [7, 11) is 2.05. The minimum absolute atomic E-state index is 0.385. The van der Waals surface area contributed by atoms with Gasteiger partial charge >= 0.3 is 0 Å². The van der Waals surface area contributed by atoms with Crippen molar-refractivity contribution in [3.8, 4) is 0 Å². The molecule has 0 aliphatic carbocycles. The molecule has 2 aromatic rings. The van der Waals surface area contributed by atoms with Crippen LogP contribution in [-0.2, 0) is 24.9 Å². The number of anilines is 2. The van der Waals surface area contributed by atoms with E-state index < -0.39 is 11.3 Å². The molecule has 0 radical (unpaired) electrons. The normalized spacial score (nSPS) is 16.5. The molecule has 8 heteroatoms. The summed E-state index contributed by atoms with van der Waals surface area (Å²) in [4.78, 5) is 9.17. The van der Waals surface area contributed by atoms with Crippen molar-refractivity contribution in [1.82, 2.24) is 14.3 Å². The standard InChI is InChI=1S/C16H23N5O2S/c1-13-11-17-16(19(13)2)21-9-7-20(8-10-21)15-5-3-14(4-6-15)12-18-24(22)23/h3-6,11,18H,7-10,12H2,1-2H3,(H,22,23). The molecule has 1 saturated heterocycles. The zero-order valence-corrected chi connectivity index (χ0v) is 14.8. The summed E-state index contributed by atoms with van der Waals surface area (Å²) in [5.74, 6) is 1.03. The van der Waals surface area contributed by atoms with Gasteiger partial charge in [0.1, 0.15) is 0 Å². The van der Waals surface area contributed by atoms with Crippen LogP contribution in [-0.4, -0.2) is 44.5 Å². The first-order chi connectivity index (χ1) is 11.5. The topological polar surface area (TPSA) is 73.6 Å². The van der Waals surface area contributed by atoms with E-state index in [-0.39, 0.29) is 0 Å². The van der Waals surface area contributed by atoms with Gasteiger partial charge in [-0.15, -0.1) is 0 Å². The van der Waals surface area contributed by atoms with Crippen LogP contribution in [0.1, 0.15) is 11.3 Å². The van der Waals surface area contributed by atoms with Crippen LogP contribution in [0.5, 0.6) is 0 Å².